The maximum atomic E-state index is 12.1. The van der Waals surface area contributed by atoms with Crippen molar-refractivity contribution >= 4 is 41.3 Å². The number of amides is 2. The Hall–Kier alpha value is -4.41. The van der Waals surface area contributed by atoms with Gasteiger partial charge in [-0.05, 0) is 36.4 Å². The van der Waals surface area contributed by atoms with Crippen molar-refractivity contribution < 1.29 is 44.4 Å². The maximum absolute atomic E-state index is 12.1. The molecule has 0 bridgehead atoms. The van der Waals surface area contributed by atoms with Gasteiger partial charge in [0.25, 0.3) is 0 Å². The summed E-state index contributed by atoms with van der Waals surface area (Å²) in [5.41, 5.74) is -1.81. The lowest BCUT2D eigenvalue weighted by Gasteiger charge is -2.10. The summed E-state index contributed by atoms with van der Waals surface area (Å²) in [5, 5.41) is 40.5. The second-order valence-corrected chi connectivity index (χ2v) is 5.40. The van der Waals surface area contributed by atoms with Crippen LogP contribution in [0.2, 0.25) is 0 Å². The molecule has 0 radical (unpaired) electrons. The number of carboxylic acids is 4. The lowest BCUT2D eigenvalue weighted by Crippen LogP contribution is -2.20. The number of nitrogens with one attached hydrogen (secondary N) is 2. The zero-order valence-corrected chi connectivity index (χ0v) is 13.8. The molecule has 0 atom stereocenters. The van der Waals surface area contributed by atoms with E-state index in [0.29, 0.717) is 0 Å². The Morgan fingerprint density at radius 1 is 0.500 bits per heavy atom. The average Bonchev–Trinajstić information content (AvgIpc) is 2.60. The minimum atomic E-state index is -1.41. The summed E-state index contributed by atoms with van der Waals surface area (Å²) >= 11 is 0. The van der Waals surface area contributed by atoms with Crippen molar-refractivity contribution in [2.75, 3.05) is 10.6 Å². The second kappa shape index (κ2) is 7.86. The molecule has 28 heavy (non-hydrogen) atoms. The van der Waals surface area contributed by atoms with Gasteiger partial charge < -0.3 is 31.1 Å². The molecule has 6 N–H and O–H groups in total. The molecule has 2 amide bonds. The van der Waals surface area contributed by atoms with Gasteiger partial charge in [-0.15, -0.1) is 0 Å². The molecule has 144 valence electrons. The fourth-order valence-corrected chi connectivity index (χ4v) is 2.19. The molecule has 0 saturated heterocycles. The van der Waals surface area contributed by atoms with E-state index in [1.54, 1.807) is 0 Å². The number of hydrogen-bond donors (Lipinski definition) is 6. The molecule has 0 unspecified atom stereocenters. The van der Waals surface area contributed by atoms with E-state index >= 15 is 0 Å². The minimum Gasteiger partial charge on any atom is -0.478 e. The number of urea groups is 1. The number of benzene rings is 2. The third kappa shape index (κ3) is 4.82. The van der Waals surface area contributed by atoms with Gasteiger partial charge in [0.1, 0.15) is 0 Å². The first kappa shape index (κ1) is 19.9. The van der Waals surface area contributed by atoms with Gasteiger partial charge >= 0.3 is 29.9 Å². The van der Waals surface area contributed by atoms with Crippen molar-refractivity contribution in [1.82, 2.24) is 0 Å². The highest BCUT2D eigenvalue weighted by Crippen LogP contribution is 2.18. The summed E-state index contributed by atoms with van der Waals surface area (Å²) in [6, 6.07) is 4.91. The molecule has 0 heterocycles. The van der Waals surface area contributed by atoms with Crippen molar-refractivity contribution in [2.45, 2.75) is 0 Å². The minimum absolute atomic E-state index is 0.150. The van der Waals surface area contributed by atoms with E-state index in [2.05, 4.69) is 10.6 Å². The van der Waals surface area contributed by atoms with Gasteiger partial charge in [-0.2, -0.15) is 0 Å². The number of carbonyl (C=O) groups is 5. The number of carboxylic acid groups (broad SMARTS) is 4. The molecule has 0 spiro atoms. The van der Waals surface area contributed by atoms with E-state index in [1.165, 1.54) is 0 Å². The van der Waals surface area contributed by atoms with Gasteiger partial charge in [0.2, 0.25) is 0 Å². The van der Waals surface area contributed by atoms with Crippen LogP contribution < -0.4 is 10.6 Å². The van der Waals surface area contributed by atoms with Gasteiger partial charge in [-0.25, -0.2) is 24.0 Å². The van der Waals surface area contributed by atoms with Crippen LogP contribution >= 0.6 is 0 Å². The number of rotatable bonds is 6. The molecule has 11 heteroatoms. The highest BCUT2D eigenvalue weighted by atomic mass is 16.4. The van der Waals surface area contributed by atoms with Crippen molar-refractivity contribution in [1.29, 1.82) is 0 Å². The number of carbonyl (C=O) groups excluding carboxylic acids is 1. The first-order valence-corrected chi connectivity index (χ1v) is 7.38. The van der Waals surface area contributed by atoms with E-state index in [0.717, 1.165) is 36.4 Å². The fourth-order valence-electron chi connectivity index (χ4n) is 2.19. The normalized spacial score (nSPS) is 10.0. The van der Waals surface area contributed by atoms with Crippen molar-refractivity contribution in [2.24, 2.45) is 0 Å². The molecule has 11 nitrogen and oxygen atoms in total. The van der Waals surface area contributed by atoms with E-state index in [9.17, 15) is 24.0 Å². The molecule has 2 aromatic rings. The summed E-state index contributed by atoms with van der Waals surface area (Å²) in [7, 11) is 0. The highest BCUT2D eigenvalue weighted by molar-refractivity contribution is 6.04. The van der Waals surface area contributed by atoms with Crippen LogP contribution in [0.15, 0.2) is 36.4 Å². The summed E-state index contributed by atoms with van der Waals surface area (Å²) in [4.78, 5) is 56.4. The molecular weight excluding hydrogens is 376 g/mol. The molecule has 0 aliphatic rings. The Bertz CT molecular complexity index is 870. The summed E-state index contributed by atoms with van der Waals surface area (Å²) in [5.74, 6) is -5.64. The quantitative estimate of drug-likeness (QED) is 0.430. The first-order valence-electron chi connectivity index (χ1n) is 7.38. The monoisotopic (exact) mass is 388 g/mol. The zero-order valence-electron chi connectivity index (χ0n) is 13.8. The molecule has 2 rings (SSSR count). The third-order valence-electron chi connectivity index (χ3n) is 3.37. The summed E-state index contributed by atoms with van der Waals surface area (Å²) < 4.78 is 0. The SMILES string of the molecule is O=C(Nc1cc(C(=O)O)cc(C(=O)O)c1)Nc1cc(C(=O)O)cc(C(=O)O)c1. The van der Waals surface area contributed by atoms with Gasteiger partial charge in [-0.1, -0.05) is 0 Å². The molecule has 0 aromatic heterocycles. The third-order valence-corrected chi connectivity index (χ3v) is 3.37. The molecule has 0 aliphatic heterocycles. The predicted octanol–water partition coefficient (Wildman–Crippen LogP) is 2.12. The van der Waals surface area contributed by atoms with E-state index in [-0.39, 0.29) is 33.6 Å². The van der Waals surface area contributed by atoms with Crippen LogP contribution in [-0.2, 0) is 0 Å². The van der Waals surface area contributed by atoms with Crippen molar-refractivity contribution in [3.63, 3.8) is 0 Å². The number of anilines is 2. The molecule has 0 aliphatic carbocycles. The maximum Gasteiger partial charge on any atom is 0.335 e. The second-order valence-electron chi connectivity index (χ2n) is 5.40. The predicted molar refractivity (Wildman–Crippen MR) is 93.4 cm³/mol. The lowest BCUT2D eigenvalue weighted by atomic mass is 10.1. The van der Waals surface area contributed by atoms with Gasteiger partial charge in [0.05, 0.1) is 22.3 Å². The van der Waals surface area contributed by atoms with Crippen LogP contribution in [0.1, 0.15) is 41.4 Å². The molecule has 0 saturated carbocycles. The summed E-state index contributed by atoms with van der Waals surface area (Å²) in [6.07, 6.45) is 0. The Morgan fingerprint density at radius 3 is 0.964 bits per heavy atom. The molecule has 2 aromatic carbocycles. The fraction of sp³-hybridized carbons (Fsp3) is 0. The van der Waals surface area contributed by atoms with E-state index in [1.807, 2.05) is 0 Å². The molecule has 0 fully saturated rings. The van der Waals surface area contributed by atoms with E-state index < -0.39 is 29.9 Å². The Balaban J connectivity index is 2.29. The van der Waals surface area contributed by atoms with Gasteiger partial charge in [0, 0.05) is 11.4 Å². The van der Waals surface area contributed by atoms with Crippen LogP contribution in [0.5, 0.6) is 0 Å². The average molecular weight is 388 g/mol. The molecular formula is C17H12N2O9. The topological polar surface area (TPSA) is 190 Å². The van der Waals surface area contributed by atoms with Crippen molar-refractivity contribution in [3.05, 3.63) is 58.7 Å². The largest absolute Gasteiger partial charge is 0.478 e. The van der Waals surface area contributed by atoms with Gasteiger partial charge in [0.15, 0.2) is 0 Å². The standard InChI is InChI=1S/C17H12N2O9/c20-13(21)7-1-8(14(22)23)4-11(3-7)18-17(28)19-12-5-9(15(24)25)2-10(6-12)16(26)27/h1-6H,(H,20,21)(H,22,23)(H,24,25)(H,26,27)(H2,18,19,28). The van der Waals surface area contributed by atoms with Crippen LogP contribution in [0, 0.1) is 0 Å². The lowest BCUT2D eigenvalue weighted by molar-refractivity contribution is 0.0676. The van der Waals surface area contributed by atoms with Crippen LogP contribution in [0.25, 0.3) is 0 Å². The Morgan fingerprint density at radius 2 is 0.750 bits per heavy atom. The number of aromatic carboxylic acids is 4. The van der Waals surface area contributed by atoms with Gasteiger partial charge in [-0.3, -0.25) is 0 Å². The smallest absolute Gasteiger partial charge is 0.335 e. The Kier molecular flexibility index (Phi) is 5.59. The zero-order chi connectivity index (χ0) is 21.0. The highest BCUT2D eigenvalue weighted by Gasteiger charge is 2.15. The van der Waals surface area contributed by atoms with Crippen molar-refractivity contribution in [3.8, 4) is 0 Å². The van der Waals surface area contributed by atoms with Crippen LogP contribution in [0.3, 0.4) is 0 Å². The Labute approximate surface area is 155 Å². The van der Waals surface area contributed by atoms with E-state index in [4.69, 9.17) is 20.4 Å². The van der Waals surface area contributed by atoms with Crippen LogP contribution in [-0.4, -0.2) is 50.3 Å². The van der Waals surface area contributed by atoms with Crippen LogP contribution in [0.4, 0.5) is 16.2 Å². The summed E-state index contributed by atoms with van der Waals surface area (Å²) in [6.45, 7) is 0. The first-order chi connectivity index (χ1) is 13.1. The number of hydrogen-bond acceptors (Lipinski definition) is 5.